The monoisotopic (exact) mass is 214 g/mol. The molecular formula is C10H12F2N2O. The smallest absolute Gasteiger partial charge is 0.200 e. The van der Waals surface area contributed by atoms with Crippen LogP contribution in [0.3, 0.4) is 0 Å². The SMILES string of the molecule is CC(CC(=N)N)Oc1cccc(F)c1F. The van der Waals surface area contributed by atoms with Gasteiger partial charge in [0.25, 0.3) is 0 Å². The molecule has 0 aliphatic carbocycles. The van der Waals surface area contributed by atoms with Gasteiger partial charge in [0.15, 0.2) is 11.6 Å². The van der Waals surface area contributed by atoms with Gasteiger partial charge in [0.2, 0.25) is 5.82 Å². The third-order valence-corrected chi connectivity index (χ3v) is 1.75. The minimum absolute atomic E-state index is 0.0562. The minimum atomic E-state index is -1.02. The summed E-state index contributed by atoms with van der Waals surface area (Å²) in [6.07, 6.45) is -0.283. The maximum Gasteiger partial charge on any atom is 0.200 e. The van der Waals surface area contributed by atoms with Crippen LogP contribution in [0.25, 0.3) is 0 Å². The summed E-state index contributed by atoms with van der Waals surface area (Å²) in [5, 5.41) is 7.02. The Labute approximate surface area is 86.4 Å². The Balaban J connectivity index is 2.72. The first-order valence-corrected chi connectivity index (χ1v) is 4.44. The number of nitrogens with two attached hydrogens (primary N) is 1. The number of hydrogen-bond donors (Lipinski definition) is 2. The molecule has 0 spiro atoms. The topological polar surface area (TPSA) is 59.1 Å². The molecule has 5 heteroatoms. The van der Waals surface area contributed by atoms with Crippen LogP contribution in [0.15, 0.2) is 18.2 Å². The average molecular weight is 214 g/mol. The molecule has 0 fully saturated rings. The molecule has 82 valence electrons. The van der Waals surface area contributed by atoms with Crippen LogP contribution in [0.5, 0.6) is 5.75 Å². The minimum Gasteiger partial charge on any atom is -0.487 e. The molecule has 0 bridgehead atoms. The first kappa shape index (κ1) is 11.4. The van der Waals surface area contributed by atoms with Crippen LogP contribution in [0.4, 0.5) is 8.78 Å². The number of ether oxygens (including phenoxy) is 1. The summed E-state index contributed by atoms with van der Waals surface area (Å²) in [4.78, 5) is 0. The van der Waals surface area contributed by atoms with Gasteiger partial charge in [-0.2, -0.15) is 4.39 Å². The van der Waals surface area contributed by atoms with Gasteiger partial charge in [0.05, 0.1) is 5.84 Å². The van der Waals surface area contributed by atoms with Crippen molar-refractivity contribution in [1.29, 1.82) is 5.41 Å². The largest absolute Gasteiger partial charge is 0.487 e. The summed E-state index contributed by atoms with van der Waals surface area (Å²) in [7, 11) is 0. The van der Waals surface area contributed by atoms with E-state index in [1.54, 1.807) is 6.92 Å². The van der Waals surface area contributed by atoms with Gasteiger partial charge in [-0.05, 0) is 19.1 Å². The van der Waals surface area contributed by atoms with E-state index < -0.39 is 17.7 Å². The Hall–Kier alpha value is -1.65. The number of rotatable bonds is 4. The van der Waals surface area contributed by atoms with Crippen LogP contribution >= 0.6 is 0 Å². The van der Waals surface area contributed by atoms with Crippen LogP contribution in [0.1, 0.15) is 13.3 Å². The Morgan fingerprint density at radius 1 is 1.53 bits per heavy atom. The summed E-state index contributed by atoms with van der Waals surface area (Å²) >= 11 is 0. The lowest BCUT2D eigenvalue weighted by Gasteiger charge is -2.14. The molecule has 0 heterocycles. The van der Waals surface area contributed by atoms with Gasteiger partial charge in [0, 0.05) is 6.42 Å². The van der Waals surface area contributed by atoms with Gasteiger partial charge < -0.3 is 10.5 Å². The fourth-order valence-corrected chi connectivity index (χ4v) is 1.14. The molecule has 1 rings (SSSR count). The van der Waals surface area contributed by atoms with Crippen LogP contribution in [0.2, 0.25) is 0 Å². The lowest BCUT2D eigenvalue weighted by molar-refractivity contribution is 0.216. The molecule has 3 N–H and O–H groups in total. The van der Waals surface area contributed by atoms with E-state index in [1.807, 2.05) is 0 Å². The molecule has 0 aliphatic heterocycles. The van der Waals surface area contributed by atoms with E-state index in [-0.39, 0.29) is 18.0 Å². The maximum atomic E-state index is 13.1. The second-order valence-electron chi connectivity index (χ2n) is 3.21. The van der Waals surface area contributed by atoms with E-state index in [0.717, 1.165) is 6.07 Å². The van der Waals surface area contributed by atoms with Gasteiger partial charge in [-0.15, -0.1) is 0 Å². The van der Waals surface area contributed by atoms with Crippen molar-refractivity contribution in [2.24, 2.45) is 5.73 Å². The quantitative estimate of drug-likeness (QED) is 0.595. The molecule has 0 amide bonds. The third-order valence-electron chi connectivity index (χ3n) is 1.75. The number of hydrogen-bond acceptors (Lipinski definition) is 2. The molecule has 3 nitrogen and oxygen atoms in total. The van der Waals surface area contributed by atoms with E-state index in [9.17, 15) is 8.78 Å². The fraction of sp³-hybridized carbons (Fsp3) is 0.300. The lowest BCUT2D eigenvalue weighted by Crippen LogP contribution is -2.22. The van der Waals surface area contributed by atoms with E-state index >= 15 is 0 Å². The highest BCUT2D eigenvalue weighted by Gasteiger charge is 2.12. The molecule has 0 radical (unpaired) electrons. The second-order valence-corrected chi connectivity index (χ2v) is 3.21. The summed E-state index contributed by atoms with van der Waals surface area (Å²) < 4.78 is 31.0. The van der Waals surface area contributed by atoms with Crippen molar-refractivity contribution in [1.82, 2.24) is 0 Å². The van der Waals surface area contributed by atoms with Crippen LogP contribution in [-0.2, 0) is 0 Å². The van der Waals surface area contributed by atoms with E-state index in [4.69, 9.17) is 15.9 Å². The summed E-state index contributed by atoms with van der Waals surface area (Å²) in [5.74, 6) is -2.20. The standard InChI is InChI=1S/C10H12F2N2O/c1-6(5-9(13)14)15-8-4-2-3-7(11)10(8)12/h2-4,6H,5H2,1H3,(H3,13,14). The zero-order valence-corrected chi connectivity index (χ0v) is 8.26. The van der Waals surface area contributed by atoms with Crippen LogP contribution in [-0.4, -0.2) is 11.9 Å². The molecule has 1 aromatic carbocycles. The summed E-state index contributed by atoms with van der Waals surface area (Å²) in [5.41, 5.74) is 5.15. The molecule has 1 unspecified atom stereocenters. The third kappa shape index (κ3) is 3.19. The first-order valence-electron chi connectivity index (χ1n) is 4.44. The van der Waals surface area contributed by atoms with Crippen molar-refractivity contribution in [3.8, 4) is 5.75 Å². The Morgan fingerprint density at radius 3 is 2.80 bits per heavy atom. The first-order chi connectivity index (χ1) is 7.00. The van der Waals surface area contributed by atoms with Crippen molar-refractivity contribution in [3.63, 3.8) is 0 Å². The molecule has 0 saturated carbocycles. The van der Waals surface area contributed by atoms with Crippen molar-refractivity contribution < 1.29 is 13.5 Å². The second kappa shape index (κ2) is 4.72. The summed E-state index contributed by atoms with van der Waals surface area (Å²) in [6.45, 7) is 1.63. The van der Waals surface area contributed by atoms with Gasteiger partial charge in [-0.25, -0.2) is 4.39 Å². The molecule has 15 heavy (non-hydrogen) atoms. The summed E-state index contributed by atoms with van der Waals surface area (Å²) in [6, 6.07) is 3.70. The van der Waals surface area contributed by atoms with E-state index in [0.29, 0.717) is 0 Å². The van der Waals surface area contributed by atoms with Gasteiger partial charge in [0.1, 0.15) is 6.10 Å². The number of benzene rings is 1. The van der Waals surface area contributed by atoms with Crippen LogP contribution < -0.4 is 10.5 Å². The number of amidine groups is 1. The van der Waals surface area contributed by atoms with Crippen molar-refractivity contribution in [2.75, 3.05) is 0 Å². The van der Waals surface area contributed by atoms with Gasteiger partial charge in [-0.3, -0.25) is 5.41 Å². The van der Waals surface area contributed by atoms with E-state index in [2.05, 4.69) is 0 Å². The zero-order chi connectivity index (χ0) is 11.4. The van der Waals surface area contributed by atoms with Crippen molar-refractivity contribution in [2.45, 2.75) is 19.4 Å². The fourth-order valence-electron chi connectivity index (χ4n) is 1.14. The Kier molecular flexibility index (Phi) is 3.60. The van der Waals surface area contributed by atoms with Crippen molar-refractivity contribution in [3.05, 3.63) is 29.8 Å². The normalized spacial score (nSPS) is 12.2. The highest BCUT2D eigenvalue weighted by atomic mass is 19.2. The van der Waals surface area contributed by atoms with E-state index in [1.165, 1.54) is 12.1 Å². The zero-order valence-electron chi connectivity index (χ0n) is 8.26. The van der Waals surface area contributed by atoms with Crippen LogP contribution in [0, 0.1) is 17.0 Å². The highest BCUT2D eigenvalue weighted by Crippen LogP contribution is 2.20. The van der Waals surface area contributed by atoms with Gasteiger partial charge in [-0.1, -0.05) is 6.07 Å². The Morgan fingerprint density at radius 2 is 2.20 bits per heavy atom. The molecule has 0 aliphatic rings. The molecule has 1 aromatic rings. The number of nitrogens with one attached hydrogen (secondary N) is 1. The lowest BCUT2D eigenvalue weighted by atomic mass is 10.2. The maximum absolute atomic E-state index is 13.1. The average Bonchev–Trinajstić information content (AvgIpc) is 2.11. The predicted molar refractivity (Wildman–Crippen MR) is 53.0 cm³/mol. The van der Waals surface area contributed by atoms with Crippen molar-refractivity contribution >= 4 is 5.84 Å². The predicted octanol–water partition coefficient (Wildman–Crippen LogP) is 2.06. The van der Waals surface area contributed by atoms with Gasteiger partial charge >= 0.3 is 0 Å². The molecule has 0 aromatic heterocycles. The molecule has 0 saturated heterocycles. The Bertz CT molecular complexity index is 368. The highest BCUT2D eigenvalue weighted by molar-refractivity contribution is 5.77. The molecule has 1 atom stereocenters. The molecular weight excluding hydrogens is 202 g/mol. The number of halogens is 2.